The summed E-state index contributed by atoms with van der Waals surface area (Å²) < 4.78 is 1.16. The van der Waals surface area contributed by atoms with Gasteiger partial charge in [0.15, 0.2) is 0 Å². The monoisotopic (exact) mass is 287 g/mol. The maximum atomic E-state index is 10.9. The van der Waals surface area contributed by atoms with Crippen molar-refractivity contribution >= 4 is 28.5 Å². The lowest BCUT2D eigenvalue weighted by Gasteiger charge is -2.04. The molecule has 0 spiro atoms. The van der Waals surface area contributed by atoms with Gasteiger partial charge in [-0.1, -0.05) is 24.8 Å². The van der Waals surface area contributed by atoms with Crippen LogP contribution in [0.1, 0.15) is 5.56 Å². The average Bonchev–Trinajstić information content (AvgIpc) is 2.16. The van der Waals surface area contributed by atoms with Crippen LogP contribution in [0.15, 0.2) is 36.9 Å². The van der Waals surface area contributed by atoms with E-state index in [0.29, 0.717) is 6.54 Å². The fourth-order valence-electron chi connectivity index (χ4n) is 0.896. The molecule has 0 aliphatic rings. The zero-order valence-electron chi connectivity index (χ0n) is 7.09. The van der Waals surface area contributed by atoms with Crippen molar-refractivity contribution in [2.75, 3.05) is 0 Å². The molecule has 0 aliphatic heterocycles. The van der Waals surface area contributed by atoms with E-state index >= 15 is 0 Å². The fourth-order valence-corrected chi connectivity index (χ4v) is 1.47. The molecule has 0 aromatic heterocycles. The van der Waals surface area contributed by atoms with Gasteiger partial charge in [0.25, 0.3) is 0 Å². The Morgan fingerprint density at radius 2 is 2.23 bits per heavy atom. The van der Waals surface area contributed by atoms with E-state index in [0.717, 1.165) is 9.13 Å². The summed E-state index contributed by atoms with van der Waals surface area (Å²) in [5, 5.41) is 2.73. The van der Waals surface area contributed by atoms with E-state index in [-0.39, 0.29) is 5.91 Å². The highest BCUT2D eigenvalue weighted by Crippen LogP contribution is 2.10. The van der Waals surface area contributed by atoms with Crippen LogP contribution in [0.4, 0.5) is 0 Å². The highest BCUT2D eigenvalue weighted by molar-refractivity contribution is 14.1. The van der Waals surface area contributed by atoms with E-state index in [1.165, 1.54) is 6.08 Å². The molecule has 3 heteroatoms. The Morgan fingerprint density at radius 1 is 1.54 bits per heavy atom. The minimum atomic E-state index is -0.139. The molecule has 1 rings (SSSR count). The first-order valence-electron chi connectivity index (χ1n) is 3.87. The van der Waals surface area contributed by atoms with Gasteiger partial charge in [-0.25, -0.2) is 0 Å². The molecule has 0 saturated carbocycles. The van der Waals surface area contributed by atoms with Crippen molar-refractivity contribution in [1.29, 1.82) is 0 Å². The van der Waals surface area contributed by atoms with Crippen molar-refractivity contribution in [3.8, 4) is 0 Å². The van der Waals surface area contributed by atoms with Gasteiger partial charge >= 0.3 is 0 Å². The first-order valence-corrected chi connectivity index (χ1v) is 4.95. The van der Waals surface area contributed by atoms with Crippen LogP contribution in [0.3, 0.4) is 0 Å². The van der Waals surface area contributed by atoms with Crippen molar-refractivity contribution in [1.82, 2.24) is 5.32 Å². The molecule has 1 aromatic rings. The standard InChI is InChI=1S/C10H10INO/c1-2-10(13)12-7-8-5-3-4-6-9(8)11/h2-6H,1,7H2,(H,12,13). The van der Waals surface area contributed by atoms with E-state index in [2.05, 4.69) is 34.5 Å². The molecule has 0 unspecified atom stereocenters. The third-order valence-electron chi connectivity index (χ3n) is 1.60. The van der Waals surface area contributed by atoms with Crippen molar-refractivity contribution in [2.45, 2.75) is 6.54 Å². The Labute approximate surface area is 91.2 Å². The van der Waals surface area contributed by atoms with Gasteiger partial charge in [-0.2, -0.15) is 0 Å². The molecule has 1 amide bonds. The lowest BCUT2D eigenvalue weighted by Crippen LogP contribution is -2.20. The molecule has 1 N–H and O–H groups in total. The van der Waals surface area contributed by atoms with Crippen LogP contribution in [0.2, 0.25) is 0 Å². The van der Waals surface area contributed by atoms with Gasteiger partial charge in [-0.15, -0.1) is 0 Å². The van der Waals surface area contributed by atoms with E-state index < -0.39 is 0 Å². The van der Waals surface area contributed by atoms with E-state index in [4.69, 9.17) is 0 Å². The van der Waals surface area contributed by atoms with Gasteiger partial charge in [0.1, 0.15) is 0 Å². The number of benzene rings is 1. The molecule has 13 heavy (non-hydrogen) atoms. The van der Waals surface area contributed by atoms with Gasteiger partial charge in [-0.05, 0) is 40.3 Å². The highest BCUT2D eigenvalue weighted by Gasteiger charge is 1.98. The van der Waals surface area contributed by atoms with Crippen LogP contribution in [-0.4, -0.2) is 5.91 Å². The maximum Gasteiger partial charge on any atom is 0.243 e. The van der Waals surface area contributed by atoms with E-state index in [1.807, 2.05) is 24.3 Å². The van der Waals surface area contributed by atoms with Crippen LogP contribution < -0.4 is 5.32 Å². The smallest absolute Gasteiger partial charge is 0.243 e. The summed E-state index contributed by atoms with van der Waals surface area (Å²) in [4.78, 5) is 10.9. The maximum absolute atomic E-state index is 10.9. The van der Waals surface area contributed by atoms with Gasteiger partial charge in [0.05, 0.1) is 0 Å². The molecule has 2 nitrogen and oxygen atoms in total. The predicted molar refractivity (Wildman–Crippen MR) is 61.2 cm³/mol. The lowest BCUT2D eigenvalue weighted by atomic mass is 10.2. The van der Waals surface area contributed by atoms with Crippen LogP contribution in [-0.2, 0) is 11.3 Å². The fraction of sp³-hybridized carbons (Fsp3) is 0.100. The molecule has 1 aromatic carbocycles. The van der Waals surface area contributed by atoms with Gasteiger partial charge in [0.2, 0.25) is 5.91 Å². The van der Waals surface area contributed by atoms with Crippen LogP contribution >= 0.6 is 22.6 Å². The first-order chi connectivity index (χ1) is 6.24. The average molecular weight is 287 g/mol. The lowest BCUT2D eigenvalue weighted by molar-refractivity contribution is -0.116. The normalized spacial score (nSPS) is 9.31. The molecule has 68 valence electrons. The quantitative estimate of drug-likeness (QED) is 0.669. The van der Waals surface area contributed by atoms with Crippen LogP contribution in [0.25, 0.3) is 0 Å². The number of rotatable bonds is 3. The Kier molecular flexibility index (Phi) is 3.95. The zero-order valence-corrected chi connectivity index (χ0v) is 9.24. The summed E-state index contributed by atoms with van der Waals surface area (Å²) in [6.07, 6.45) is 1.27. The number of nitrogens with one attached hydrogen (secondary N) is 1. The molecule has 0 fully saturated rings. The van der Waals surface area contributed by atoms with Gasteiger partial charge < -0.3 is 5.32 Å². The van der Waals surface area contributed by atoms with Gasteiger partial charge in [0, 0.05) is 10.1 Å². The molecule has 0 atom stereocenters. The summed E-state index contributed by atoms with van der Waals surface area (Å²) in [5.74, 6) is -0.139. The number of carbonyl (C=O) groups is 1. The van der Waals surface area contributed by atoms with E-state index in [1.54, 1.807) is 0 Å². The first kappa shape index (κ1) is 10.2. The number of halogens is 1. The summed E-state index contributed by atoms with van der Waals surface area (Å²) in [5.41, 5.74) is 1.12. The third-order valence-corrected chi connectivity index (χ3v) is 2.65. The van der Waals surface area contributed by atoms with Crippen molar-refractivity contribution in [3.05, 3.63) is 46.1 Å². The zero-order chi connectivity index (χ0) is 9.68. The summed E-state index contributed by atoms with van der Waals surface area (Å²) in [6.45, 7) is 3.94. The predicted octanol–water partition coefficient (Wildman–Crippen LogP) is 2.09. The highest BCUT2D eigenvalue weighted by atomic mass is 127. The van der Waals surface area contributed by atoms with Gasteiger partial charge in [-0.3, -0.25) is 4.79 Å². The second-order valence-electron chi connectivity index (χ2n) is 2.51. The minimum absolute atomic E-state index is 0.139. The molecule has 0 bridgehead atoms. The van der Waals surface area contributed by atoms with Crippen molar-refractivity contribution in [2.24, 2.45) is 0 Å². The third kappa shape index (κ3) is 3.18. The molecule has 0 aliphatic carbocycles. The Balaban J connectivity index is 2.59. The molecular weight excluding hydrogens is 277 g/mol. The molecular formula is C10H10INO. The van der Waals surface area contributed by atoms with Crippen molar-refractivity contribution < 1.29 is 4.79 Å². The number of hydrogen-bond donors (Lipinski definition) is 1. The molecule has 0 heterocycles. The second kappa shape index (κ2) is 5.01. The molecule has 0 saturated heterocycles. The Hall–Kier alpha value is -0.840. The summed E-state index contributed by atoms with van der Waals surface area (Å²) in [7, 11) is 0. The number of carbonyl (C=O) groups excluding carboxylic acids is 1. The van der Waals surface area contributed by atoms with Crippen LogP contribution in [0, 0.1) is 3.57 Å². The van der Waals surface area contributed by atoms with Crippen molar-refractivity contribution in [3.63, 3.8) is 0 Å². The molecule has 0 radical (unpaired) electrons. The second-order valence-corrected chi connectivity index (χ2v) is 3.68. The SMILES string of the molecule is C=CC(=O)NCc1ccccc1I. The summed E-state index contributed by atoms with van der Waals surface area (Å²) >= 11 is 2.24. The minimum Gasteiger partial charge on any atom is -0.348 e. The Morgan fingerprint density at radius 3 is 2.85 bits per heavy atom. The topological polar surface area (TPSA) is 29.1 Å². The van der Waals surface area contributed by atoms with Crippen LogP contribution in [0.5, 0.6) is 0 Å². The van der Waals surface area contributed by atoms with E-state index in [9.17, 15) is 4.79 Å². The largest absolute Gasteiger partial charge is 0.348 e. The number of amides is 1. The number of hydrogen-bond acceptors (Lipinski definition) is 1. The Bertz CT molecular complexity index is 322. The summed E-state index contributed by atoms with van der Waals surface area (Å²) in [6, 6.07) is 7.93.